The van der Waals surface area contributed by atoms with Gasteiger partial charge in [0.05, 0.1) is 0 Å². The summed E-state index contributed by atoms with van der Waals surface area (Å²) in [5.41, 5.74) is 0.0196. The summed E-state index contributed by atoms with van der Waals surface area (Å²) in [6.45, 7) is 0. The fourth-order valence-electron chi connectivity index (χ4n) is 1.26. The molecule has 1 aromatic heterocycles. The van der Waals surface area contributed by atoms with E-state index in [0.717, 1.165) is 15.0 Å². The van der Waals surface area contributed by atoms with E-state index in [0.29, 0.717) is 4.47 Å². The molecule has 2 rings (SSSR count). The first kappa shape index (κ1) is 10.4. The molecule has 0 unspecified atom stereocenters. The molecule has 0 fully saturated rings. The van der Waals surface area contributed by atoms with E-state index in [1.165, 1.54) is 17.4 Å². The minimum absolute atomic E-state index is 0.0196. The monoisotopic (exact) mass is 294 g/mol. The lowest BCUT2D eigenvalue weighted by molar-refractivity contribution is 0.150. The van der Waals surface area contributed by atoms with E-state index >= 15 is 0 Å². The highest BCUT2D eigenvalue weighted by molar-refractivity contribution is 9.10. The van der Waals surface area contributed by atoms with Crippen LogP contribution in [0.1, 0.15) is 12.0 Å². The highest BCUT2D eigenvalue weighted by Gasteiger charge is 2.15. The molecule has 2 aromatic rings. The van der Waals surface area contributed by atoms with Gasteiger partial charge in [-0.05, 0) is 22.0 Å². The largest absolute Gasteiger partial charge is 0.264 e. The third-order valence-electron chi connectivity index (χ3n) is 1.92. The van der Waals surface area contributed by atoms with Gasteiger partial charge < -0.3 is 0 Å². The lowest BCUT2D eigenvalue weighted by atomic mass is 10.2. The van der Waals surface area contributed by atoms with E-state index in [-0.39, 0.29) is 5.56 Å². The second kappa shape index (κ2) is 3.79. The summed E-state index contributed by atoms with van der Waals surface area (Å²) >= 11 is 8.91. The minimum Gasteiger partial charge on any atom is -0.205 e. The molecular weight excluding hydrogens is 290 g/mol. The van der Waals surface area contributed by atoms with Crippen LogP contribution < -0.4 is 0 Å². The van der Waals surface area contributed by atoms with Gasteiger partial charge in [-0.15, -0.1) is 24.0 Å². The van der Waals surface area contributed by atoms with Crippen LogP contribution >= 0.6 is 39.9 Å². The maximum atomic E-state index is 12.5. The molecule has 0 spiro atoms. The summed E-state index contributed by atoms with van der Waals surface area (Å²) in [4.78, 5) is 0.736. The van der Waals surface area contributed by atoms with E-state index in [2.05, 4.69) is 28.6 Å². The Morgan fingerprint density at radius 2 is 2.07 bits per heavy atom. The Balaban J connectivity index is 2.79. The second-order valence-corrected chi connectivity index (χ2v) is 4.95. The van der Waals surface area contributed by atoms with Crippen LogP contribution in [-0.2, 0) is 0 Å². The normalized spacial score (nSPS) is 11.5. The first-order valence-electron chi connectivity index (χ1n) is 3.78. The van der Waals surface area contributed by atoms with Crippen LogP contribution in [0.5, 0.6) is 0 Å². The smallest absolute Gasteiger partial charge is 0.205 e. The molecule has 0 saturated heterocycles. The maximum Gasteiger partial charge on any atom is 0.264 e. The van der Waals surface area contributed by atoms with Crippen LogP contribution in [0.2, 0.25) is 0 Å². The summed E-state index contributed by atoms with van der Waals surface area (Å²) in [5, 5.41) is 2.62. The summed E-state index contributed by atoms with van der Waals surface area (Å²) in [7, 11) is 0. The Labute approximate surface area is 97.5 Å². The highest BCUT2D eigenvalue weighted by atomic mass is 79.9. The molecule has 0 aliphatic carbocycles. The molecular formula is C9H5BrF2S2. The molecule has 1 heterocycles. The van der Waals surface area contributed by atoms with Crippen LogP contribution in [0.15, 0.2) is 26.9 Å². The molecule has 0 N–H and O–H groups in total. The Morgan fingerprint density at radius 1 is 1.36 bits per heavy atom. The molecule has 0 saturated carbocycles. The van der Waals surface area contributed by atoms with Crippen molar-refractivity contribution < 1.29 is 8.78 Å². The molecule has 5 heteroatoms. The van der Waals surface area contributed by atoms with E-state index in [9.17, 15) is 8.78 Å². The molecule has 0 aliphatic heterocycles. The topological polar surface area (TPSA) is 0 Å². The molecule has 74 valence electrons. The number of halogens is 3. The van der Waals surface area contributed by atoms with Gasteiger partial charge in [-0.3, -0.25) is 0 Å². The Bertz CT molecular complexity index is 479. The van der Waals surface area contributed by atoms with Gasteiger partial charge >= 0.3 is 0 Å². The van der Waals surface area contributed by atoms with Crippen LogP contribution in [0.25, 0.3) is 10.1 Å². The first-order valence-corrected chi connectivity index (χ1v) is 5.90. The van der Waals surface area contributed by atoms with Crippen molar-refractivity contribution in [2.75, 3.05) is 0 Å². The van der Waals surface area contributed by atoms with Gasteiger partial charge in [-0.25, -0.2) is 8.78 Å². The summed E-state index contributed by atoms with van der Waals surface area (Å²) in [6.07, 6.45) is -2.46. The van der Waals surface area contributed by atoms with Crippen molar-refractivity contribution in [3.63, 3.8) is 0 Å². The quantitative estimate of drug-likeness (QED) is 0.711. The number of fused-ring (bicyclic) bond motifs is 1. The number of rotatable bonds is 1. The number of thiophene rings is 1. The van der Waals surface area contributed by atoms with Gasteiger partial charge in [-0.1, -0.05) is 6.07 Å². The van der Waals surface area contributed by atoms with Crippen molar-refractivity contribution in [3.8, 4) is 0 Å². The van der Waals surface area contributed by atoms with Crippen molar-refractivity contribution in [1.29, 1.82) is 0 Å². The fraction of sp³-hybridized carbons (Fsp3) is 0.111. The zero-order valence-electron chi connectivity index (χ0n) is 6.80. The highest BCUT2D eigenvalue weighted by Crippen LogP contribution is 2.39. The van der Waals surface area contributed by atoms with Crippen molar-refractivity contribution in [2.24, 2.45) is 0 Å². The summed E-state index contributed by atoms with van der Waals surface area (Å²) in [6, 6.07) is 3.15. The Morgan fingerprint density at radius 3 is 2.71 bits per heavy atom. The van der Waals surface area contributed by atoms with Gasteiger partial charge in [0.15, 0.2) is 0 Å². The predicted octanol–water partition coefficient (Wildman–Crippen LogP) is 4.89. The molecule has 0 aliphatic rings. The molecule has 0 radical (unpaired) electrons. The van der Waals surface area contributed by atoms with E-state index in [4.69, 9.17) is 0 Å². The van der Waals surface area contributed by atoms with Crippen molar-refractivity contribution >= 4 is 50.0 Å². The van der Waals surface area contributed by atoms with Gasteiger partial charge in [0.1, 0.15) is 0 Å². The molecule has 14 heavy (non-hydrogen) atoms. The summed E-state index contributed by atoms with van der Waals surface area (Å²) < 4.78 is 26.5. The first-order chi connectivity index (χ1) is 6.61. The summed E-state index contributed by atoms with van der Waals surface area (Å²) in [5.74, 6) is 0. The van der Waals surface area contributed by atoms with Crippen LogP contribution in [0, 0.1) is 0 Å². The zero-order chi connectivity index (χ0) is 10.3. The fourth-order valence-corrected chi connectivity index (χ4v) is 3.57. The maximum absolute atomic E-state index is 12.5. The molecule has 0 amide bonds. The third-order valence-corrected chi connectivity index (χ3v) is 4.25. The van der Waals surface area contributed by atoms with Gasteiger partial charge in [0.25, 0.3) is 6.43 Å². The molecule has 0 atom stereocenters. The molecule has 0 nitrogen and oxygen atoms in total. The van der Waals surface area contributed by atoms with E-state index < -0.39 is 6.43 Å². The number of benzene rings is 1. The lowest BCUT2D eigenvalue weighted by Crippen LogP contribution is -1.85. The van der Waals surface area contributed by atoms with Crippen LogP contribution in [0.3, 0.4) is 0 Å². The van der Waals surface area contributed by atoms with E-state index in [1.54, 1.807) is 6.07 Å². The number of thiol groups is 1. The number of hydrogen-bond donors (Lipinski definition) is 1. The molecule has 0 bridgehead atoms. The van der Waals surface area contributed by atoms with E-state index in [1.807, 2.05) is 5.38 Å². The van der Waals surface area contributed by atoms with Crippen molar-refractivity contribution in [3.05, 3.63) is 27.5 Å². The predicted molar refractivity (Wildman–Crippen MR) is 61.7 cm³/mol. The van der Waals surface area contributed by atoms with Crippen LogP contribution in [-0.4, -0.2) is 0 Å². The second-order valence-electron chi connectivity index (χ2n) is 2.76. The average Bonchev–Trinajstić information content (AvgIpc) is 2.48. The zero-order valence-corrected chi connectivity index (χ0v) is 10.1. The van der Waals surface area contributed by atoms with Gasteiger partial charge in [-0.2, -0.15) is 0 Å². The Kier molecular flexibility index (Phi) is 2.81. The van der Waals surface area contributed by atoms with Gasteiger partial charge in [0.2, 0.25) is 0 Å². The number of alkyl halides is 2. The molecule has 1 aromatic carbocycles. The van der Waals surface area contributed by atoms with Gasteiger partial charge in [0, 0.05) is 30.4 Å². The average molecular weight is 295 g/mol. The van der Waals surface area contributed by atoms with Crippen molar-refractivity contribution in [1.82, 2.24) is 0 Å². The standard InChI is InChI=1S/C9H5BrF2S2/c10-8-4(9(11)12)1-2-6-7(8)5(13)3-14-6/h1-3,9,13H. The Hall–Kier alpha value is -0.130. The number of hydrogen-bond acceptors (Lipinski definition) is 2. The SMILES string of the molecule is FC(F)c1ccc2scc(S)c2c1Br. The lowest BCUT2D eigenvalue weighted by Gasteiger charge is -2.04. The third kappa shape index (κ3) is 1.57. The van der Waals surface area contributed by atoms with Crippen LogP contribution in [0.4, 0.5) is 8.78 Å². The van der Waals surface area contributed by atoms with Crippen molar-refractivity contribution in [2.45, 2.75) is 11.3 Å². The minimum atomic E-state index is -2.46.